The van der Waals surface area contributed by atoms with Gasteiger partial charge in [-0.15, -0.1) is 0 Å². The topological polar surface area (TPSA) is 41.6 Å². The third-order valence-corrected chi connectivity index (χ3v) is 3.85. The number of urea groups is 1. The van der Waals surface area contributed by atoms with E-state index >= 15 is 0 Å². The molecule has 3 aromatic carbocycles. The largest absolute Gasteiger partial charge is 0.495 e. The van der Waals surface area contributed by atoms with E-state index in [1.807, 2.05) is 84.9 Å². The summed E-state index contributed by atoms with van der Waals surface area (Å²) >= 11 is 0. The van der Waals surface area contributed by atoms with Gasteiger partial charge in [0, 0.05) is 5.69 Å². The molecule has 126 valence electrons. The van der Waals surface area contributed by atoms with E-state index in [9.17, 15) is 4.79 Å². The highest BCUT2D eigenvalue weighted by Crippen LogP contribution is 2.25. The summed E-state index contributed by atoms with van der Waals surface area (Å²) in [6.45, 7) is 0.478. The van der Waals surface area contributed by atoms with Crippen molar-refractivity contribution in [1.82, 2.24) is 0 Å². The van der Waals surface area contributed by atoms with Crippen molar-refractivity contribution in [3.8, 4) is 5.75 Å². The summed E-state index contributed by atoms with van der Waals surface area (Å²) < 4.78 is 5.32. The summed E-state index contributed by atoms with van der Waals surface area (Å²) in [6, 6.07) is 26.7. The highest BCUT2D eigenvalue weighted by atomic mass is 16.5. The molecule has 0 radical (unpaired) electrons. The van der Waals surface area contributed by atoms with Gasteiger partial charge in [0.15, 0.2) is 0 Å². The molecule has 0 heterocycles. The molecule has 0 unspecified atom stereocenters. The van der Waals surface area contributed by atoms with Gasteiger partial charge in [-0.3, -0.25) is 4.90 Å². The van der Waals surface area contributed by atoms with Crippen molar-refractivity contribution in [3.63, 3.8) is 0 Å². The Kier molecular flexibility index (Phi) is 5.32. The number of nitrogens with one attached hydrogen (secondary N) is 1. The molecule has 0 fully saturated rings. The molecule has 0 saturated heterocycles. The minimum absolute atomic E-state index is 0.209. The number of anilines is 2. The van der Waals surface area contributed by atoms with Crippen LogP contribution in [0.5, 0.6) is 5.75 Å². The van der Waals surface area contributed by atoms with Crippen molar-refractivity contribution in [2.45, 2.75) is 6.54 Å². The van der Waals surface area contributed by atoms with Crippen molar-refractivity contribution < 1.29 is 9.53 Å². The maximum absolute atomic E-state index is 12.9. The van der Waals surface area contributed by atoms with Crippen LogP contribution in [0.25, 0.3) is 0 Å². The van der Waals surface area contributed by atoms with Crippen molar-refractivity contribution in [1.29, 1.82) is 0 Å². The lowest BCUT2D eigenvalue weighted by Gasteiger charge is -2.24. The zero-order valence-corrected chi connectivity index (χ0v) is 14.1. The van der Waals surface area contributed by atoms with Gasteiger partial charge in [0.1, 0.15) is 5.75 Å². The van der Waals surface area contributed by atoms with Crippen LogP contribution in [0, 0.1) is 0 Å². The van der Waals surface area contributed by atoms with Gasteiger partial charge in [0.05, 0.1) is 19.3 Å². The number of nitrogens with zero attached hydrogens (tertiary/aromatic N) is 1. The van der Waals surface area contributed by atoms with Crippen molar-refractivity contribution in [2.24, 2.45) is 0 Å². The van der Waals surface area contributed by atoms with Crippen LogP contribution in [0.3, 0.4) is 0 Å². The molecule has 25 heavy (non-hydrogen) atoms. The number of rotatable bonds is 5. The fourth-order valence-electron chi connectivity index (χ4n) is 2.58. The van der Waals surface area contributed by atoms with Gasteiger partial charge >= 0.3 is 6.03 Å². The summed E-state index contributed by atoms with van der Waals surface area (Å²) in [5.41, 5.74) is 2.53. The Hall–Kier alpha value is -3.27. The lowest BCUT2D eigenvalue weighted by Crippen LogP contribution is -2.34. The fraction of sp³-hybridized carbons (Fsp3) is 0.0952. The van der Waals surface area contributed by atoms with Gasteiger partial charge in [-0.1, -0.05) is 60.7 Å². The first kappa shape index (κ1) is 16.6. The summed E-state index contributed by atoms with van der Waals surface area (Å²) in [6.07, 6.45) is 0. The highest BCUT2D eigenvalue weighted by molar-refractivity contribution is 6.02. The number of hydrogen-bond acceptors (Lipinski definition) is 2. The van der Waals surface area contributed by atoms with Gasteiger partial charge in [-0.25, -0.2) is 4.79 Å². The maximum Gasteiger partial charge on any atom is 0.326 e. The Labute approximate surface area is 147 Å². The molecule has 0 spiro atoms. The molecule has 3 rings (SSSR count). The Bertz CT molecular complexity index is 820. The Morgan fingerprint density at radius 1 is 0.880 bits per heavy atom. The molecule has 0 aromatic heterocycles. The van der Waals surface area contributed by atoms with Crippen LogP contribution in [0.4, 0.5) is 16.2 Å². The molecule has 0 saturated carbocycles. The SMILES string of the molecule is COc1ccccc1NC(=O)N(Cc1ccccc1)c1ccccc1. The van der Waals surface area contributed by atoms with Crippen LogP contribution in [0.15, 0.2) is 84.9 Å². The van der Waals surface area contributed by atoms with Crippen LogP contribution in [0.1, 0.15) is 5.56 Å². The van der Waals surface area contributed by atoms with Gasteiger partial charge in [0.2, 0.25) is 0 Å². The van der Waals surface area contributed by atoms with E-state index in [2.05, 4.69) is 5.32 Å². The number of carbonyl (C=O) groups excluding carboxylic acids is 1. The second-order valence-electron chi connectivity index (χ2n) is 5.54. The van der Waals surface area contributed by atoms with Crippen LogP contribution in [-0.4, -0.2) is 13.1 Å². The lowest BCUT2D eigenvalue weighted by atomic mass is 10.2. The highest BCUT2D eigenvalue weighted by Gasteiger charge is 2.17. The third kappa shape index (κ3) is 4.18. The summed E-state index contributed by atoms with van der Waals surface area (Å²) in [5.74, 6) is 0.628. The Morgan fingerprint density at radius 2 is 1.48 bits per heavy atom. The van der Waals surface area contributed by atoms with Crippen molar-refractivity contribution in [2.75, 3.05) is 17.3 Å². The molecule has 4 heteroatoms. The van der Waals surface area contributed by atoms with Crippen LogP contribution >= 0.6 is 0 Å². The maximum atomic E-state index is 12.9. The van der Waals surface area contributed by atoms with Crippen molar-refractivity contribution in [3.05, 3.63) is 90.5 Å². The average Bonchev–Trinajstić information content (AvgIpc) is 2.68. The van der Waals surface area contributed by atoms with E-state index in [1.54, 1.807) is 12.0 Å². The monoisotopic (exact) mass is 332 g/mol. The summed E-state index contributed by atoms with van der Waals surface area (Å²) in [5, 5.41) is 2.94. The molecule has 1 N–H and O–H groups in total. The molecular weight excluding hydrogens is 312 g/mol. The average molecular weight is 332 g/mol. The first-order valence-corrected chi connectivity index (χ1v) is 8.08. The van der Waals surface area contributed by atoms with E-state index in [0.717, 1.165) is 11.3 Å². The Balaban J connectivity index is 1.87. The van der Waals surface area contributed by atoms with Crippen molar-refractivity contribution >= 4 is 17.4 Å². The number of hydrogen-bond donors (Lipinski definition) is 1. The van der Waals surface area contributed by atoms with Crippen LogP contribution in [-0.2, 0) is 6.54 Å². The standard InChI is InChI=1S/C21H20N2O2/c1-25-20-15-9-8-14-19(20)22-21(24)23(18-12-6-3-7-13-18)16-17-10-4-2-5-11-17/h2-15H,16H2,1H3,(H,22,24). The number of para-hydroxylation sites is 3. The minimum Gasteiger partial charge on any atom is -0.495 e. The Morgan fingerprint density at radius 3 is 2.16 bits per heavy atom. The summed E-state index contributed by atoms with van der Waals surface area (Å²) in [4.78, 5) is 14.7. The van der Waals surface area contributed by atoms with E-state index in [1.165, 1.54) is 0 Å². The van der Waals surface area contributed by atoms with E-state index in [-0.39, 0.29) is 6.03 Å². The second-order valence-corrected chi connectivity index (χ2v) is 5.54. The molecule has 4 nitrogen and oxygen atoms in total. The number of ether oxygens (including phenoxy) is 1. The number of methoxy groups -OCH3 is 1. The van der Waals surface area contributed by atoms with E-state index < -0.39 is 0 Å². The molecule has 0 atom stereocenters. The molecule has 3 aromatic rings. The first-order valence-electron chi connectivity index (χ1n) is 8.08. The molecule has 2 amide bonds. The molecule has 0 bridgehead atoms. The van der Waals surface area contributed by atoms with Crippen LogP contribution in [0.2, 0.25) is 0 Å². The predicted molar refractivity (Wildman–Crippen MR) is 101 cm³/mol. The summed E-state index contributed by atoms with van der Waals surface area (Å²) in [7, 11) is 1.59. The van der Waals surface area contributed by atoms with Gasteiger partial charge < -0.3 is 10.1 Å². The quantitative estimate of drug-likeness (QED) is 0.719. The normalized spacial score (nSPS) is 10.1. The van der Waals surface area contributed by atoms with Crippen LogP contribution < -0.4 is 15.0 Å². The molecular formula is C21H20N2O2. The van der Waals surface area contributed by atoms with Gasteiger partial charge in [0.25, 0.3) is 0 Å². The van der Waals surface area contributed by atoms with E-state index in [0.29, 0.717) is 18.0 Å². The lowest BCUT2D eigenvalue weighted by molar-refractivity contribution is 0.256. The second kappa shape index (κ2) is 8.02. The van der Waals surface area contributed by atoms with Gasteiger partial charge in [-0.2, -0.15) is 0 Å². The third-order valence-electron chi connectivity index (χ3n) is 3.85. The smallest absolute Gasteiger partial charge is 0.326 e. The number of amides is 2. The fourth-order valence-corrected chi connectivity index (χ4v) is 2.58. The van der Waals surface area contributed by atoms with E-state index in [4.69, 9.17) is 4.74 Å². The zero-order chi connectivity index (χ0) is 17.5. The number of carbonyl (C=O) groups is 1. The molecule has 0 aliphatic heterocycles. The molecule has 0 aliphatic carbocycles. The number of benzene rings is 3. The molecule has 0 aliphatic rings. The first-order chi connectivity index (χ1) is 12.3. The predicted octanol–water partition coefficient (Wildman–Crippen LogP) is 4.93. The van der Waals surface area contributed by atoms with Gasteiger partial charge in [-0.05, 0) is 29.8 Å². The minimum atomic E-state index is -0.209. The zero-order valence-electron chi connectivity index (χ0n) is 14.1.